The molecule has 1 N–H and O–H groups in total. The number of amides is 1. The first-order valence-electron chi connectivity index (χ1n) is 9.67. The van der Waals surface area contributed by atoms with Gasteiger partial charge < -0.3 is 10.1 Å². The van der Waals surface area contributed by atoms with Crippen LogP contribution in [0.1, 0.15) is 33.8 Å². The summed E-state index contributed by atoms with van der Waals surface area (Å²) in [5.74, 6) is 2.30. The van der Waals surface area contributed by atoms with Crippen LogP contribution in [0.2, 0.25) is 0 Å². The number of nitrogens with zero attached hydrogens (tertiary/aromatic N) is 1. The van der Waals surface area contributed by atoms with Gasteiger partial charge in [0.1, 0.15) is 10.6 Å². The van der Waals surface area contributed by atoms with Crippen LogP contribution in [0.4, 0.5) is 5.69 Å². The maximum absolute atomic E-state index is 12.7. The molecule has 0 unspecified atom stereocenters. The number of nitrogens with one attached hydrogen (secondary N) is 1. The minimum Gasteiger partial charge on any atom is -0.492 e. The monoisotopic (exact) mass is 466 g/mol. The van der Waals surface area contributed by atoms with E-state index in [1.807, 2.05) is 47.8 Å². The number of hydrogen-bond acceptors (Lipinski definition) is 6. The maximum atomic E-state index is 12.7. The first-order chi connectivity index (χ1) is 14.3. The summed E-state index contributed by atoms with van der Waals surface area (Å²) in [4.78, 5) is 12.7. The molecule has 6 nitrogen and oxygen atoms in total. The Morgan fingerprint density at radius 2 is 1.80 bits per heavy atom. The van der Waals surface area contributed by atoms with E-state index >= 15 is 0 Å². The molecule has 1 aliphatic rings. The fraction of sp³-hybridized carbons (Fsp3) is 0.381. The predicted molar refractivity (Wildman–Crippen MR) is 125 cm³/mol. The second kappa shape index (κ2) is 10.1. The number of carbonyl (C=O) groups is 1. The summed E-state index contributed by atoms with van der Waals surface area (Å²) in [7, 11) is -0.800. The fourth-order valence-corrected chi connectivity index (χ4v) is 6.88. The van der Waals surface area contributed by atoms with Gasteiger partial charge in [-0.3, -0.25) is 4.79 Å². The second-order valence-corrected chi connectivity index (χ2v) is 11.7. The zero-order valence-electron chi connectivity index (χ0n) is 17.3. The van der Waals surface area contributed by atoms with E-state index in [-0.39, 0.29) is 16.6 Å². The lowest BCUT2D eigenvalue weighted by atomic mass is 10.1. The normalized spacial score (nSPS) is 15.2. The third-order valence-electron chi connectivity index (χ3n) is 4.53. The molecule has 9 heteroatoms. The zero-order chi connectivity index (χ0) is 21.7. The Morgan fingerprint density at radius 3 is 2.40 bits per heavy atom. The summed E-state index contributed by atoms with van der Waals surface area (Å²) in [6.45, 7) is 2.13. The SMILES string of the molecule is CCOc1ccc(NC(=O)c2ccc(C3SCCCS3)cc2)cc1S(=O)(=O)N(C)C. The third kappa shape index (κ3) is 5.32. The lowest BCUT2D eigenvalue weighted by molar-refractivity contribution is 0.102. The molecule has 1 amide bonds. The van der Waals surface area contributed by atoms with E-state index in [1.165, 1.54) is 32.1 Å². The number of carbonyl (C=O) groups excluding carboxylic acids is 1. The van der Waals surface area contributed by atoms with Crippen molar-refractivity contribution in [3.63, 3.8) is 0 Å². The van der Waals surface area contributed by atoms with Crippen molar-refractivity contribution in [2.24, 2.45) is 0 Å². The summed E-state index contributed by atoms with van der Waals surface area (Å²) in [6.07, 6.45) is 1.24. The van der Waals surface area contributed by atoms with Crippen molar-refractivity contribution in [1.82, 2.24) is 4.31 Å². The Kier molecular flexibility index (Phi) is 7.73. The number of ether oxygens (including phenoxy) is 1. The van der Waals surface area contributed by atoms with Gasteiger partial charge in [0.15, 0.2) is 0 Å². The Labute approximate surface area is 186 Å². The van der Waals surface area contributed by atoms with Crippen molar-refractivity contribution < 1.29 is 17.9 Å². The first kappa shape index (κ1) is 23.0. The summed E-state index contributed by atoms with van der Waals surface area (Å²) >= 11 is 3.87. The van der Waals surface area contributed by atoms with Crippen molar-refractivity contribution >= 4 is 45.1 Å². The van der Waals surface area contributed by atoms with Crippen molar-refractivity contribution in [1.29, 1.82) is 0 Å². The standard InChI is InChI=1S/C21H26N2O4S3/c1-4-27-18-11-10-17(14-19(18)30(25,26)23(2)3)22-20(24)15-6-8-16(9-7-15)21-28-12-5-13-29-21/h6-11,14,21H,4-5,12-13H2,1-3H3,(H,22,24). The van der Waals surface area contributed by atoms with Gasteiger partial charge in [-0.25, -0.2) is 12.7 Å². The molecule has 0 bridgehead atoms. The number of thioether (sulfide) groups is 2. The van der Waals surface area contributed by atoms with Crippen LogP contribution in [0.3, 0.4) is 0 Å². The van der Waals surface area contributed by atoms with Crippen LogP contribution in [-0.4, -0.2) is 50.8 Å². The molecular formula is C21H26N2O4S3. The summed E-state index contributed by atoms with van der Waals surface area (Å²) in [6, 6.07) is 12.2. The lowest BCUT2D eigenvalue weighted by Crippen LogP contribution is -2.23. The van der Waals surface area contributed by atoms with Crippen LogP contribution in [0.25, 0.3) is 0 Å². The van der Waals surface area contributed by atoms with Crippen molar-refractivity contribution in [2.75, 3.05) is 37.5 Å². The molecule has 0 atom stereocenters. The zero-order valence-corrected chi connectivity index (χ0v) is 19.7. The van der Waals surface area contributed by atoms with E-state index < -0.39 is 10.0 Å². The molecule has 1 saturated heterocycles. The maximum Gasteiger partial charge on any atom is 0.255 e. The van der Waals surface area contributed by atoms with Gasteiger partial charge in [-0.15, -0.1) is 23.5 Å². The number of hydrogen-bond donors (Lipinski definition) is 1. The lowest BCUT2D eigenvalue weighted by Gasteiger charge is -2.21. The molecule has 2 aromatic carbocycles. The van der Waals surface area contributed by atoms with E-state index in [0.29, 0.717) is 22.4 Å². The average molecular weight is 467 g/mol. The van der Waals surface area contributed by atoms with E-state index in [9.17, 15) is 13.2 Å². The number of anilines is 1. The molecule has 0 saturated carbocycles. The molecule has 0 radical (unpaired) electrons. The van der Waals surface area contributed by atoms with Crippen LogP contribution >= 0.6 is 23.5 Å². The van der Waals surface area contributed by atoms with Crippen molar-refractivity contribution in [3.8, 4) is 5.75 Å². The Morgan fingerprint density at radius 1 is 1.13 bits per heavy atom. The van der Waals surface area contributed by atoms with Crippen LogP contribution in [0.5, 0.6) is 5.75 Å². The Hall–Kier alpha value is -1.68. The van der Waals surface area contributed by atoms with Crippen molar-refractivity contribution in [2.45, 2.75) is 22.8 Å². The number of rotatable bonds is 7. The molecular weight excluding hydrogens is 440 g/mol. The van der Waals surface area contributed by atoms with Gasteiger partial charge in [0.05, 0.1) is 11.2 Å². The molecule has 162 valence electrons. The largest absolute Gasteiger partial charge is 0.492 e. The number of benzene rings is 2. The molecule has 3 rings (SSSR count). The van der Waals surface area contributed by atoms with Gasteiger partial charge in [0.2, 0.25) is 10.0 Å². The average Bonchev–Trinajstić information content (AvgIpc) is 2.75. The minimum absolute atomic E-state index is 0.0221. The first-order valence-corrected chi connectivity index (χ1v) is 13.2. The molecule has 30 heavy (non-hydrogen) atoms. The smallest absolute Gasteiger partial charge is 0.255 e. The van der Waals surface area contributed by atoms with Gasteiger partial charge in [0, 0.05) is 25.3 Å². The van der Waals surface area contributed by atoms with Gasteiger partial charge in [-0.1, -0.05) is 12.1 Å². The molecule has 1 heterocycles. The fourth-order valence-electron chi connectivity index (χ4n) is 2.93. The summed E-state index contributed by atoms with van der Waals surface area (Å²) in [5.41, 5.74) is 2.13. The Balaban J connectivity index is 1.79. The van der Waals surface area contributed by atoms with Gasteiger partial charge in [-0.05, 0) is 60.7 Å². The molecule has 0 spiro atoms. The molecule has 1 aliphatic heterocycles. The molecule has 0 aromatic heterocycles. The predicted octanol–water partition coefficient (Wildman–Crippen LogP) is 4.46. The van der Waals surface area contributed by atoms with Crippen LogP contribution < -0.4 is 10.1 Å². The number of sulfonamides is 1. The molecule has 0 aliphatic carbocycles. The van der Waals surface area contributed by atoms with Crippen LogP contribution in [-0.2, 0) is 10.0 Å². The quantitative estimate of drug-likeness (QED) is 0.649. The van der Waals surface area contributed by atoms with Crippen molar-refractivity contribution in [3.05, 3.63) is 53.6 Å². The summed E-state index contributed by atoms with van der Waals surface area (Å²) < 4.78 is 32.3. The summed E-state index contributed by atoms with van der Waals surface area (Å²) in [5, 5.41) is 2.79. The molecule has 1 fully saturated rings. The third-order valence-corrected chi connectivity index (χ3v) is 9.38. The van der Waals surface area contributed by atoms with E-state index in [0.717, 1.165) is 15.8 Å². The second-order valence-electron chi connectivity index (χ2n) is 6.89. The van der Waals surface area contributed by atoms with Gasteiger partial charge in [0.25, 0.3) is 5.91 Å². The highest BCUT2D eigenvalue weighted by Gasteiger charge is 2.23. The van der Waals surface area contributed by atoms with Crippen LogP contribution in [0.15, 0.2) is 47.4 Å². The Bertz CT molecular complexity index is 986. The van der Waals surface area contributed by atoms with E-state index in [1.54, 1.807) is 19.1 Å². The van der Waals surface area contributed by atoms with Gasteiger partial charge in [-0.2, -0.15) is 0 Å². The van der Waals surface area contributed by atoms with Gasteiger partial charge >= 0.3 is 0 Å². The van der Waals surface area contributed by atoms with Crippen LogP contribution in [0, 0.1) is 0 Å². The molecule has 2 aromatic rings. The minimum atomic E-state index is -3.72. The van der Waals surface area contributed by atoms with E-state index in [2.05, 4.69) is 5.32 Å². The topological polar surface area (TPSA) is 75.7 Å². The highest BCUT2D eigenvalue weighted by molar-refractivity contribution is 8.16. The van der Waals surface area contributed by atoms with E-state index in [4.69, 9.17) is 4.74 Å². The highest BCUT2D eigenvalue weighted by atomic mass is 32.2. The highest BCUT2D eigenvalue weighted by Crippen LogP contribution is 2.43.